The van der Waals surface area contributed by atoms with Crippen LogP contribution >= 0.6 is 11.3 Å². The molecule has 26 heavy (non-hydrogen) atoms. The smallest absolute Gasteiger partial charge is 0.339 e. The van der Waals surface area contributed by atoms with E-state index < -0.39 is 5.97 Å². The van der Waals surface area contributed by atoms with Gasteiger partial charge in [-0.25, -0.2) is 4.79 Å². The largest absolute Gasteiger partial charge is 0.478 e. The molecule has 2 atom stereocenters. The van der Waals surface area contributed by atoms with E-state index >= 15 is 0 Å². The lowest BCUT2D eigenvalue weighted by Gasteiger charge is -2.40. The van der Waals surface area contributed by atoms with Crippen molar-refractivity contribution < 1.29 is 14.7 Å². The van der Waals surface area contributed by atoms with Gasteiger partial charge in [-0.1, -0.05) is 11.3 Å². The Morgan fingerprint density at radius 1 is 1.12 bits per heavy atom. The summed E-state index contributed by atoms with van der Waals surface area (Å²) >= 11 is 1.50. The number of aromatic carboxylic acids is 1. The third kappa shape index (κ3) is 1.86. The number of carboxylic acids is 1. The van der Waals surface area contributed by atoms with Gasteiger partial charge in [-0.3, -0.25) is 4.79 Å². The van der Waals surface area contributed by atoms with Crippen molar-refractivity contribution in [1.29, 1.82) is 0 Å². The van der Waals surface area contributed by atoms with Gasteiger partial charge in [-0.2, -0.15) is 0 Å². The summed E-state index contributed by atoms with van der Waals surface area (Å²) in [6.45, 7) is 2.03. The van der Waals surface area contributed by atoms with Gasteiger partial charge >= 0.3 is 5.97 Å². The number of carbonyl (C=O) groups is 2. The molecule has 4 saturated carbocycles. The first-order valence-corrected chi connectivity index (χ1v) is 10.8. The highest BCUT2D eigenvalue weighted by Gasteiger charge is 2.61. The van der Waals surface area contributed by atoms with E-state index in [2.05, 4.69) is 10.2 Å². The molecule has 5 nitrogen and oxygen atoms in total. The van der Waals surface area contributed by atoms with E-state index in [-0.39, 0.29) is 11.3 Å². The number of carboxylic acid groups (broad SMARTS) is 1. The van der Waals surface area contributed by atoms with E-state index in [1.165, 1.54) is 30.6 Å². The normalized spacial score (nSPS) is 36.6. The van der Waals surface area contributed by atoms with Crippen LogP contribution in [-0.2, 0) is 4.79 Å². The van der Waals surface area contributed by atoms with Crippen molar-refractivity contribution in [3.8, 4) is 0 Å². The molecule has 138 valence electrons. The summed E-state index contributed by atoms with van der Waals surface area (Å²) < 4.78 is 0. The Bertz CT molecular complexity index is 809. The molecule has 1 aromatic heterocycles. The molecule has 1 amide bonds. The molecule has 1 saturated heterocycles. The average molecular weight is 372 g/mol. The molecule has 0 radical (unpaired) electrons. The van der Waals surface area contributed by atoms with Crippen LogP contribution in [-0.4, -0.2) is 30.1 Å². The van der Waals surface area contributed by atoms with Crippen LogP contribution in [0.25, 0.3) is 0 Å². The van der Waals surface area contributed by atoms with Gasteiger partial charge < -0.3 is 15.3 Å². The Morgan fingerprint density at radius 2 is 1.81 bits per heavy atom. The van der Waals surface area contributed by atoms with Gasteiger partial charge in [0, 0.05) is 18.7 Å². The SMILES string of the molecule is O=C(O)c1c(NC(=O)C23CC4CC(CC2C4)C3)sc2c1C1CCN2CC1. The molecular formula is C20H24N2O3S. The number of piperidine rings is 1. The molecular weight excluding hydrogens is 348 g/mol. The van der Waals surface area contributed by atoms with E-state index in [1.807, 2.05) is 0 Å². The summed E-state index contributed by atoms with van der Waals surface area (Å²) in [5.74, 6) is 1.52. The molecule has 4 heterocycles. The minimum Gasteiger partial charge on any atom is -0.478 e. The second-order valence-electron chi connectivity index (χ2n) is 9.25. The van der Waals surface area contributed by atoms with Gasteiger partial charge in [0.2, 0.25) is 5.91 Å². The Labute approximate surface area is 156 Å². The summed E-state index contributed by atoms with van der Waals surface area (Å²) in [6.07, 6.45) is 7.80. The maximum absolute atomic E-state index is 13.3. The summed E-state index contributed by atoms with van der Waals surface area (Å²) in [7, 11) is 0. The highest BCUT2D eigenvalue weighted by molar-refractivity contribution is 7.20. The zero-order valence-corrected chi connectivity index (χ0v) is 15.6. The first-order chi connectivity index (χ1) is 12.5. The van der Waals surface area contributed by atoms with E-state index in [4.69, 9.17) is 0 Å². The Hall–Kier alpha value is -1.56. The number of nitrogens with one attached hydrogen (secondary N) is 1. The molecule has 6 heteroatoms. The summed E-state index contributed by atoms with van der Waals surface area (Å²) in [4.78, 5) is 27.7. The number of hydrogen-bond acceptors (Lipinski definition) is 4. The predicted octanol–water partition coefficient (Wildman–Crippen LogP) is 3.91. The number of thiophene rings is 1. The quantitative estimate of drug-likeness (QED) is 0.844. The van der Waals surface area contributed by atoms with Crippen LogP contribution < -0.4 is 10.2 Å². The number of hydrogen-bond donors (Lipinski definition) is 2. The fourth-order valence-electron chi connectivity index (χ4n) is 7.11. The van der Waals surface area contributed by atoms with Gasteiger partial charge in [0.15, 0.2) is 0 Å². The first-order valence-electron chi connectivity index (χ1n) is 10.0. The summed E-state index contributed by atoms with van der Waals surface area (Å²) in [6, 6.07) is 0. The van der Waals surface area contributed by atoms with E-state index in [1.54, 1.807) is 0 Å². The Kier molecular flexibility index (Phi) is 3.00. The Morgan fingerprint density at radius 3 is 2.46 bits per heavy atom. The van der Waals surface area contributed by atoms with Crippen LogP contribution in [0.3, 0.4) is 0 Å². The minimum absolute atomic E-state index is 0.107. The van der Waals surface area contributed by atoms with Gasteiger partial charge in [-0.05, 0) is 68.6 Å². The maximum atomic E-state index is 13.3. The van der Waals surface area contributed by atoms with Crippen molar-refractivity contribution in [3.63, 3.8) is 0 Å². The van der Waals surface area contributed by atoms with Crippen molar-refractivity contribution >= 4 is 33.2 Å². The highest BCUT2D eigenvalue weighted by atomic mass is 32.1. The molecule has 0 aromatic carbocycles. The van der Waals surface area contributed by atoms with Crippen molar-refractivity contribution in [1.82, 2.24) is 0 Å². The van der Waals surface area contributed by atoms with Crippen LogP contribution in [0.5, 0.6) is 0 Å². The van der Waals surface area contributed by atoms with Gasteiger partial charge in [0.05, 0.1) is 16.0 Å². The minimum atomic E-state index is -0.888. The number of carbonyl (C=O) groups excluding carboxylic acids is 1. The molecule has 5 fully saturated rings. The predicted molar refractivity (Wildman–Crippen MR) is 100 cm³/mol. The third-order valence-electron chi connectivity index (χ3n) is 8.00. The number of nitrogens with zero attached hydrogens (tertiary/aromatic N) is 1. The molecule has 3 aliphatic heterocycles. The second-order valence-corrected chi connectivity index (χ2v) is 10.2. The third-order valence-corrected chi connectivity index (χ3v) is 9.18. The van der Waals surface area contributed by atoms with Crippen LogP contribution in [0, 0.1) is 23.2 Å². The number of fused-ring (bicyclic) bond motifs is 2. The highest BCUT2D eigenvalue weighted by Crippen LogP contribution is 2.66. The molecule has 7 aliphatic rings. The van der Waals surface area contributed by atoms with Crippen LogP contribution in [0.15, 0.2) is 0 Å². The molecule has 6 bridgehead atoms. The van der Waals surface area contributed by atoms with Gasteiger partial charge in [-0.15, -0.1) is 0 Å². The Balaban J connectivity index is 1.37. The zero-order chi connectivity index (χ0) is 17.6. The summed E-state index contributed by atoms with van der Waals surface area (Å²) in [5, 5.41) is 14.7. The van der Waals surface area contributed by atoms with E-state index in [9.17, 15) is 14.7 Å². The average Bonchev–Trinajstić information content (AvgIpc) is 3.21. The van der Waals surface area contributed by atoms with Crippen molar-refractivity contribution in [3.05, 3.63) is 11.1 Å². The lowest BCUT2D eigenvalue weighted by atomic mass is 9.75. The first kappa shape index (κ1) is 15.5. The van der Waals surface area contributed by atoms with E-state index in [0.29, 0.717) is 22.4 Å². The van der Waals surface area contributed by atoms with Crippen molar-refractivity contribution in [2.24, 2.45) is 23.2 Å². The molecule has 0 spiro atoms. The van der Waals surface area contributed by atoms with Gasteiger partial charge in [0.25, 0.3) is 0 Å². The summed E-state index contributed by atoms with van der Waals surface area (Å²) in [5.41, 5.74) is 1.15. The lowest BCUT2D eigenvalue weighted by molar-refractivity contribution is -0.127. The van der Waals surface area contributed by atoms with Crippen LogP contribution in [0.1, 0.15) is 66.8 Å². The topological polar surface area (TPSA) is 69.6 Å². The maximum Gasteiger partial charge on any atom is 0.339 e. The monoisotopic (exact) mass is 372 g/mol. The number of anilines is 2. The van der Waals surface area contributed by atoms with Crippen molar-refractivity contribution in [2.45, 2.75) is 50.9 Å². The van der Waals surface area contributed by atoms with Crippen LogP contribution in [0.4, 0.5) is 10.0 Å². The molecule has 4 aliphatic carbocycles. The lowest BCUT2D eigenvalue weighted by Crippen LogP contribution is -2.38. The molecule has 1 aromatic rings. The van der Waals surface area contributed by atoms with Crippen LogP contribution in [0.2, 0.25) is 0 Å². The van der Waals surface area contributed by atoms with Crippen molar-refractivity contribution in [2.75, 3.05) is 23.3 Å². The number of amides is 1. The molecule has 2 unspecified atom stereocenters. The molecule has 2 N–H and O–H groups in total. The van der Waals surface area contributed by atoms with E-state index in [0.717, 1.165) is 61.2 Å². The molecule has 8 rings (SSSR count). The number of rotatable bonds is 3. The zero-order valence-electron chi connectivity index (χ0n) is 14.8. The standard InChI is InChI=1S/C20H24N2O3S/c23-18(24)15-14-12-1-3-22(4-2-12)17(14)26-16(15)21-19(25)20-8-10-5-11(9-20)7-13(20)6-10/h10-13H,1-9H2,(H,21,25)(H,23,24). The fraction of sp³-hybridized carbons (Fsp3) is 0.700. The second kappa shape index (κ2) is 5.03. The fourth-order valence-corrected chi connectivity index (χ4v) is 8.44. The van der Waals surface area contributed by atoms with Gasteiger partial charge in [0.1, 0.15) is 5.00 Å².